The van der Waals surface area contributed by atoms with Crippen molar-refractivity contribution in [3.63, 3.8) is 0 Å². The van der Waals surface area contributed by atoms with Gasteiger partial charge in [-0.2, -0.15) is 0 Å². The van der Waals surface area contributed by atoms with Crippen molar-refractivity contribution in [3.05, 3.63) is 73.1 Å². The Morgan fingerprint density at radius 2 is 1.50 bits per heavy atom. The Bertz CT molecular complexity index is 1520. The van der Waals surface area contributed by atoms with Crippen LogP contribution in [0.3, 0.4) is 0 Å². The molecular weight excluding hydrogens is 691 g/mol. The number of Topliss-reactive ketones (excluding diaryl/α,β-unsaturated/α-hetero) is 2. The molecule has 0 spiro atoms. The van der Waals surface area contributed by atoms with E-state index in [0.29, 0.717) is 48.2 Å². The summed E-state index contributed by atoms with van der Waals surface area (Å²) in [6.45, 7) is 13.4. The summed E-state index contributed by atoms with van der Waals surface area (Å²) in [5.74, 6) is 0.307. The number of amides is 1. The highest BCUT2D eigenvalue weighted by Gasteiger charge is 2.48. The van der Waals surface area contributed by atoms with Gasteiger partial charge in [0.15, 0.2) is 29.7 Å². The number of rotatable bonds is 8. The van der Waals surface area contributed by atoms with E-state index in [2.05, 4.69) is 67.4 Å². The van der Waals surface area contributed by atoms with Crippen LogP contribution in [0.5, 0.6) is 11.5 Å². The number of benzene rings is 2. The molecule has 1 amide bonds. The van der Waals surface area contributed by atoms with Gasteiger partial charge in [-0.15, -0.1) is 0 Å². The van der Waals surface area contributed by atoms with Crippen LogP contribution in [0.25, 0.3) is 0 Å². The van der Waals surface area contributed by atoms with Crippen molar-refractivity contribution in [2.75, 3.05) is 25.1 Å². The van der Waals surface area contributed by atoms with Crippen LogP contribution in [0, 0.1) is 14.4 Å². The van der Waals surface area contributed by atoms with Crippen molar-refractivity contribution < 1.29 is 23.9 Å². The molecule has 2 aliphatic carbocycles. The molecule has 1 aliphatic heterocycles. The standard InChI is InChI=1S/C35H40ClIN2O5/c1-7-39-24-15-34(3,4)17-26(40)31(24)30(32-25(39)16-35(5,6)18-27(32)41)20-13-23(37)33(28(14-20)43-8-2)44-19-29(42)38-22-11-9-21(36)10-12-22/h9-14,30H,7-8,15-19H2,1-6H3,(H,38,42). The number of ketones is 2. The highest BCUT2D eigenvalue weighted by Crippen LogP contribution is 2.55. The highest BCUT2D eigenvalue weighted by molar-refractivity contribution is 14.1. The van der Waals surface area contributed by atoms with Crippen LogP contribution >= 0.6 is 34.2 Å². The van der Waals surface area contributed by atoms with E-state index < -0.39 is 5.92 Å². The number of hydrogen-bond acceptors (Lipinski definition) is 6. The molecule has 0 unspecified atom stereocenters. The van der Waals surface area contributed by atoms with Crippen LogP contribution in [0.4, 0.5) is 5.69 Å². The van der Waals surface area contributed by atoms with E-state index in [9.17, 15) is 14.4 Å². The lowest BCUT2D eigenvalue weighted by atomic mass is 9.63. The lowest BCUT2D eigenvalue weighted by molar-refractivity contribution is -0.120. The molecule has 0 radical (unpaired) electrons. The normalized spacial score (nSPS) is 19.5. The Labute approximate surface area is 278 Å². The second kappa shape index (κ2) is 12.5. The van der Waals surface area contributed by atoms with Crippen molar-refractivity contribution in [2.24, 2.45) is 10.8 Å². The molecule has 5 rings (SSSR count). The van der Waals surface area contributed by atoms with E-state index in [1.54, 1.807) is 24.3 Å². The average molecular weight is 731 g/mol. The fourth-order valence-corrected chi connectivity index (χ4v) is 7.70. The van der Waals surface area contributed by atoms with Crippen molar-refractivity contribution in [2.45, 2.75) is 73.1 Å². The maximum Gasteiger partial charge on any atom is 0.262 e. The fourth-order valence-electron chi connectivity index (χ4n) is 6.79. The lowest BCUT2D eigenvalue weighted by Crippen LogP contribution is -2.44. The Morgan fingerprint density at radius 1 is 0.932 bits per heavy atom. The minimum atomic E-state index is -0.482. The molecule has 2 aromatic rings. The Balaban J connectivity index is 1.56. The third-order valence-electron chi connectivity index (χ3n) is 8.48. The molecule has 9 heteroatoms. The first-order chi connectivity index (χ1) is 20.7. The first kappa shape index (κ1) is 32.5. The number of hydrogen-bond donors (Lipinski definition) is 1. The second-order valence-electron chi connectivity index (χ2n) is 13.4. The predicted molar refractivity (Wildman–Crippen MR) is 181 cm³/mol. The van der Waals surface area contributed by atoms with Crippen molar-refractivity contribution in [1.82, 2.24) is 4.90 Å². The van der Waals surface area contributed by atoms with Crippen LogP contribution in [0.15, 0.2) is 58.9 Å². The molecule has 0 atom stereocenters. The quantitative estimate of drug-likeness (QED) is 0.277. The van der Waals surface area contributed by atoms with Crippen molar-refractivity contribution in [1.29, 1.82) is 0 Å². The summed E-state index contributed by atoms with van der Waals surface area (Å²) in [5.41, 5.74) is 4.63. The summed E-state index contributed by atoms with van der Waals surface area (Å²) < 4.78 is 12.8. The number of nitrogens with one attached hydrogen (secondary N) is 1. The first-order valence-electron chi connectivity index (χ1n) is 15.2. The van der Waals surface area contributed by atoms with Gasteiger partial charge in [0.1, 0.15) is 0 Å². The summed E-state index contributed by atoms with van der Waals surface area (Å²) in [7, 11) is 0. The molecule has 234 valence electrons. The Hall–Kier alpha value is -2.85. The minimum absolute atomic E-state index is 0.0936. The van der Waals surface area contributed by atoms with Gasteiger partial charge in [0.2, 0.25) is 0 Å². The van der Waals surface area contributed by atoms with Crippen LogP contribution in [-0.4, -0.2) is 42.1 Å². The van der Waals surface area contributed by atoms with Crippen LogP contribution in [-0.2, 0) is 14.4 Å². The molecule has 44 heavy (non-hydrogen) atoms. The third kappa shape index (κ3) is 6.57. The van der Waals surface area contributed by atoms with Gasteiger partial charge in [-0.3, -0.25) is 14.4 Å². The summed E-state index contributed by atoms with van der Waals surface area (Å²) in [6.07, 6.45) is 2.40. The van der Waals surface area contributed by atoms with Gasteiger partial charge in [0.25, 0.3) is 5.91 Å². The summed E-state index contributed by atoms with van der Waals surface area (Å²) >= 11 is 8.14. The number of ether oxygens (including phenoxy) is 2. The van der Waals surface area contributed by atoms with Gasteiger partial charge in [0.05, 0.1) is 10.2 Å². The van der Waals surface area contributed by atoms with Gasteiger partial charge in [-0.25, -0.2) is 0 Å². The van der Waals surface area contributed by atoms with Gasteiger partial charge < -0.3 is 19.7 Å². The van der Waals surface area contributed by atoms with Crippen molar-refractivity contribution >= 4 is 57.4 Å². The zero-order chi connectivity index (χ0) is 32.0. The second-order valence-corrected chi connectivity index (χ2v) is 15.0. The number of carbonyl (C=O) groups is 3. The molecule has 7 nitrogen and oxygen atoms in total. The van der Waals surface area contributed by atoms with E-state index in [0.717, 1.165) is 44.5 Å². The molecule has 0 saturated heterocycles. The molecule has 0 fully saturated rings. The first-order valence-corrected chi connectivity index (χ1v) is 16.6. The van der Waals surface area contributed by atoms with Gasteiger partial charge >= 0.3 is 0 Å². The predicted octanol–water partition coefficient (Wildman–Crippen LogP) is 8.07. The van der Waals surface area contributed by atoms with Crippen LogP contribution in [0.1, 0.15) is 78.7 Å². The van der Waals surface area contributed by atoms with Gasteiger partial charge in [-0.1, -0.05) is 39.3 Å². The summed E-state index contributed by atoms with van der Waals surface area (Å²) in [6, 6.07) is 10.7. The Morgan fingerprint density at radius 3 is 2.02 bits per heavy atom. The number of anilines is 1. The monoisotopic (exact) mass is 730 g/mol. The molecule has 0 bridgehead atoms. The topological polar surface area (TPSA) is 84.9 Å². The van der Waals surface area contributed by atoms with E-state index in [-0.39, 0.29) is 34.9 Å². The third-order valence-corrected chi connectivity index (χ3v) is 9.53. The minimum Gasteiger partial charge on any atom is -0.490 e. The fraction of sp³-hybridized carbons (Fsp3) is 0.457. The van der Waals surface area contributed by atoms with E-state index in [4.69, 9.17) is 21.1 Å². The van der Waals surface area contributed by atoms with Crippen molar-refractivity contribution in [3.8, 4) is 11.5 Å². The molecule has 0 saturated carbocycles. The smallest absolute Gasteiger partial charge is 0.262 e. The summed E-state index contributed by atoms with van der Waals surface area (Å²) in [5, 5.41) is 3.39. The zero-order valence-electron chi connectivity index (χ0n) is 26.2. The molecule has 3 aliphatic rings. The lowest BCUT2D eigenvalue weighted by Gasteiger charge is -2.49. The van der Waals surface area contributed by atoms with E-state index >= 15 is 0 Å². The van der Waals surface area contributed by atoms with E-state index in [1.165, 1.54) is 0 Å². The number of allylic oxidation sites excluding steroid dienone is 4. The molecule has 1 heterocycles. The van der Waals surface area contributed by atoms with Gasteiger partial charge in [-0.05, 0) is 102 Å². The molecule has 2 aromatic carbocycles. The SMILES string of the molecule is CCOc1cc(C2C3=C(CC(C)(C)CC3=O)N(CC)C3=C2C(=O)CC(C)(C)C3)cc(I)c1OCC(=O)Nc1ccc(Cl)cc1. The molecular formula is C35H40ClIN2O5. The van der Waals surface area contributed by atoms with Crippen LogP contribution in [0.2, 0.25) is 5.02 Å². The van der Waals surface area contributed by atoms with Gasteiger partial charge in [0, 0.05) is 58.6 Å². The Kier molecular flexibility index (Phi) is 9.25. The summed E-state index contributed by atoms with van der Waals surface area (Å²) in [4.78, 5) is 42.9. The number of halogens is 2. The highest BCUT2D eigenvalue weighted by atomic mass is 127. The number of nitrogens with zero attached hydrogens (tertiary/aromatic N) is 1. The largest absolute Gasteiger partial charge is 0.490 e. The maximum atomic E-state index is 14.0. The number of carbonyl (C=O) groups excluding carboxylic acids is 3. The van der Waals surface area contributed by atoms with Crippen LogP contribution < -0.4 is 14.8 Å². The average Bonchev–Trinajstić information content (AvgIpc) is 2.91. The molecule has 1 N–H and O–H groups in total. The zero-order valence-corrected chi connectivity index (χ0v) is 29.1. The molecule has 0 aromatic heterocycles. The maximum absolute atomic E-state index is 14.0. The van der Waals surface area contributed by atoms with E-state index in [1.807, 2.05) is 19.1 Å².